The van der Waals surface area contributed by atoms with Gasteiger partial charge in [0.2, 0.25) is 0 Å². The fourth-order valence-electron chi connectivity index (χ4n) is 3.86. The van der Waals surface area contributed by atoms with Crippen LogP contribution in [0.25, 0.3) is 11.3 Å². The summed E-state index contributed by atoms with van der Waals surface area (Å²) in [6, 6.07) is 24.4. The highest BCUT2D eigenvalue weighted by molar-refractivity contribution is 6.43. The predicted octanol–water partition coefficient (Wildman–Crippen LogP) is 4.98. The quantitative estimate of drug-likeness (QED) is 0.357. The smallest absolute Gasteiger partial charge is 0.329 e. The molecule has 4 rings (SSSR count). The van der Waals surface area contributed by atoms with Crippen LogP contribution in [0.4, 0.5) is 16.2 Å². The topological polar surface area (TPSA) is 87.5 Å². The Bertz CT molecular complexity index is 1170. The number of nitrogens with two attached hydrogens (primary N) is 1. The van der Waals surface area contributed by atoms with Crippen molar-refractivity contribution in [1.82, 2.24) is 5.32 Å². The molecule has 1 aliphatic heterocycles. The van der Waals surface area contributed by atoms with Gasteiger partial charge in [0.25, 0.3) is 5.91 Å². The van der Waals surface area contributed by atoms with E-state index >= 15 is 0 Å². The molecule has 0 bridgehead atoms. The third kappa shape index (κ3) is 4.66. The van der Waals surface area contributed by atoms with E-state index in [0.29, 0.717) is 30.0 Å². The number of carbonyl (C=O) groups is 2. The average molecular weight is 441 g/mol. The van der Waals surface area contributed by atoms with Crippen LogP contribution in [0, 0.1) is 0 Å². The molecule has 0 saturated heterocycles. The van der Waals surface area contributed by atoms with Crippen LogP contribution in [0.2, 0.25) is 0 Å². The van der Waals surface area contributed by atoms with E-state index < -0.39 is 6.03 Å². The summed E-state index contributed by atoms with van der Waals surface area (Å²) in [4.78, 5) is 27.9. The van der Waals surface area contributed by atoms with Gasteiger partial charge in [-0.1, -0.05) is 74.0 Å². The molecule has 0 fully saturated rings. The lowest BCUT2D eigenvalue weighted by atomic mass is 10.00. The van der Waals surface area contributed by atoms with Crippen molar-refractivity contribution in [3.63, 3.8) is 0 Å². The molecular formula is C27H28N4O2. The molecule has 6 nitrogen and oxygen atoms in total. The maximum Gasteiger partial charge on any atom is 0.329 e. The Morgan fingerprint density at radius 2 is 1.64 bits per heavy atom. The largest absolute Gasteiger partial charge is 0.354 e. The number of para-hydroxylation sites is 1. The molecule has 0 unspecified atom stereocenters. The van der Waals surface area contributed by atoms with Crippen molar-refractivity contribution in [2.24, 2.45) is 5.73 Å². The summed E-state index contributed by atoms with van der Waals surface area (Å²) in [7, 11) is 0. The Labute approximate surface area is 194 Å². The van der Waals surface area contributed by atoms with Crippen molar-refractivity contribution in [3.8, 4) is 0 Å². The van der Waals surface area contributed by atoms with Crippen LogP contribution >= 0.6 is 0 Å². The van der Waals surface area contributed by atoms with Gasteiger partial charge >= 0.3 is 6.03 Å². The highest BCUT2D eigenvalue weighted by atomic mass is 16.2. The number of hydrogen-bond donors (Lipinski definition) is 3. The molecule has 0 atom stereocenters. The Morgan fingerprint density at radius 1 is 0.939 bits per heavy atom. The van der Waals surface area contributed by atoms with Gasteiger partial charge in [-0.3, -0.25) is 4.79 Å². The zero-order chi connectivity index (χ0) is 23.2. The fourth-order valence-corrected chi connectivity index (χ4v) is 3.86. The van der Waals surface area contributed by atoms with Crippen LogP contribution in [-0.4, -0.2) is 18.5 Å². The average Bonchev–Trinajstić information content (AvgIpc) is 3.15. The van der Waals surface area contributed by atoms with E-state index in [-0.39, 0.29) is 5.91 Å². The first-order chi connectivity index (χ1) is 16.1. The number of nitrogens with zero attached hydrogens (tertiary/aromatic N) is 1. The standard InChI is InChI=1S/C27H28N4O2/c1-2-3-17-29-27(33)31-23-12-8-7-11-22(23)24(26(31)32)25(20-9-5-4-6-10-20)30-21-15-13-19(18-28)14-16-21/h4-16,30H,2-3,17-18,28H2,1H3,(H,29,33). The minimum atomic E-state index is -0.407. The number of amides is 3. The molecule has 4 N–H and O–H groups in total. The number of anilines is 2. The molecule has 0 aliphatic carbocycles. The summed E-state index contributed by atoms with van der Waals surface area (Å²) >= 11 is 0. The number of carbonyl (C=O) groups excluding carboxylic acids is 2. The number of unbranched alkanes of at least 4 members (excludes halogenated alkanes) is 1. The molecule has 3 aromatic carbocycles. The lowest BCUT2D eigenvalue weighted by Gasteiger charge is -2.17. The van der Waals surface area contributed by atoms with Crippen molar-refractivity contribution in [2.45, 2.75) is 26.3 Å². The lowest BCUT2D eigenvalue weighted by molar-refractivity contribution is -0.112. The molecule has 0 saturated carbocycles. The van der Waals surface area contributed by atoms with Gasteiger partial charge in [0.05, 0.1) is 17.0 Å². The van der Waals surface area contributed by atoms with E-state index in [1.807, 2.05) is 72.8 Å². The molecule has 1 aliphatic rings. The van der Waals surface area contributed by atoms with Crippen LogP contribution in [-0.2, 0) is 11.3 Å². The second kappa shape index (κ2) is 10.1. The number of imide groups is 1. The summed E-state index contributed by atoms with van der Waals surface area (Å²) in [6.45, 7) is 3.04. The van der Waals surface area contributed by atoms with E-state index in [1.54, 1.807) is 6.07 Å². The Balaban J connectivity index is 1.81. The van der Waals surface area contributed by atoms with Gasteiger partial charge in [0.15, 0.2) is 0 Å². The first-order valence-corrected chi connectivity index (χ1v) is 11.2. The van der Waals surface area contributed by atoms with Gasteiger partial charge in [0.1, 0.15) is 0 Å². The summed E-state index contributed by atoms with van der Waals surface area (Å²) in [6.07, 6.45) is 1.81. The third-order valence-corrected chi connectivity index (χ3v) is 5.61. The summed E-state index contributed by atoms with van der Waals surface area (Å²) in [5, 5.41) is 6.30. The molecule has 1 heterocycles. The molecule has 33 heavy (non-hydrogen) atoms. The zero-order valence-electron chi connectivity index (χ0n) is 18.7. The van der Waals surface area contributed by atoms with Gasteiger partial charge in [-0.25, -0.2) is 9.69 Å². The maximum absolute atomic E-state index is 13.7. The van der Waals surface area contributed by atoms with Crippen LogP contribution in [0.15, 0.2) is 78.9 Å². The molecule has 3 amide bonds. The minimum Gasteiger partial charge on any atom is -0.354 e. The van der Waals surface area contributed by atoms with Crippen molar-refractivity contribution in [1.29, 1.82) is 0 Å². The van der Waals surface area contributed by atoms with Crippen molar-refractivity contribution in [2.75, 3.05) is 16.8 Å². The molecule has 3 aromatic rings. The van der Waals surface area contributed by atoms with E-state index in [1.165, 1.54) is 4.90 Å². The van der Waals surface area contributed by atoms with Gasteiger partial charge in [-0.05, 0) is 35.7 Å². The molecule has 0 aromatic heterocycles. The van der Waals surface area contributed by atoms with E-state index in [0.717, 1.165) is 35.2 Å². The van der Waals surface area contributed by atoms with Crippen molar-refractivity contribution < 1.29 is 9.59 Å². The molecule has 168 valence electrons. The summed E-state index contributed by atoms with van der Waals surface area (Å²) in [5.41, 5.74) is 10.9. The number of benzene rings is 3. The first kappa shape index (κ1) is 22.3. The first-order valence-electron chi connectivity index (χ1n) is 11.2. The van der Waals surface area contributed by atoms with Gasteiger partial charge in [0, 0.05) is 24.3 Å². The van der Waals surface area contributed by atoms with E-state index in [9.17, 15) is 9.59 Å². The third-order valence-electron chi connectivity index (χ3n) is 5.61. The zero-order valence-corrected chi connectivity index (χ0v) is 18.7. The van der Waals surface area contributed by atoms with Crippen molar-refractivity contribution in [3.05, 3.63) is 95.6 Å². The van der Waals surface area contributed by atoms with E-state index in [2.05, 4.69) is 17.6 Å². The molecule has 0 spiro atoms. The van der Waals surface area contributed by atoms with Crippen LogP contribution < -0.4 is 21.3 Å². The van der Waals surface area contributed by atoms with Crippen LogP contribution in [0.5, 0.6) is 0 Å². The highest BCUT2D eigenvalue weighted by Crippen LogP contribution is 2.41. The van der Waals surface area contributed by atoms with E-state index in [4.69, 9.17) is 5.73 Å². The molecular weight excluding hydrogens is 412 g/mol. The van der Waals surface area contributed by atoms with Gasteiger partial charge < -0.3 is 16.4 Å². The highest BCUT2D eigenvalue weighted by Gasteiger charge is 2.38. The number of nitrogens with one attached hydrogen (secondary N) is 2. The van der Waals surface area contributed by atoms with Crippen LogP contribution in [0.1, 0.15) is 36.5 Å². The Morgan fingerprint density at radius 3 is 2.33 bits per heavy atom. The summed E-state index contributed by atoms with van der Waals surface area (Å²) < 4.78 is 0. The summed E-state index contributed by atoms with van der Waals surface area (Å²) in [5.74, 6) is -0.352. The number of rotatable bonds is 7. The number of hydrogen-bond acceptors (Lipinski definition) is 4. The normalized spacial score (nSPS) is 14.1. The predicted molar refractivity (Wildman–Crippen MR) is 133 cm³/mol. The van der Waals surface area contributed by atoms with Crippen LogP contribution in [0.3, 0.4) is 0 Å². The number of urea groups is 1. The van der Waals surface area contributed by atoms with Gasteiger partial charge in [-0.15, -0.1) is 0 Å². The SMILES string of the molecule is CCCCNC(=O)N1C(=O)C(=C(Nc2ccc(CN)cc2)c2ccccc2)c2ccccc21. The minimum absolute atomic E-state index is 0.352. The number of fused-ring (bicyclic) bond motifs is 1. The van der Waals surface area contributed by atoms with Crippen molar-refractivity contribution >= 4 is 34.6 Å². The van der Waals surface area contributed by atoms with Gasteiger partial charge in [-0.2, -0.15) is 0 Å². The second-order valence-electron chi connectivity index (χ2n) is 7.89. The molecule has 6 heteroatoms. The monoisotopic (exact) mass is 440 g/mol. The Hall–Kier alpha value is -3.90. The maximum atomic E-state index is 13.7. The Kier molecular flexibility index (Phi) is 6.86. The molecule has 0 radical (unpaired) electrons. The second-order valence-corrected chi connectivity index (χ2v) is 7.89. The fraction of sp³-hybridized carbons (Fsp3) is 0.185. The lowest BCUT2D eigenvalue weighted by Crippen LogP contribution is -2.42.